The molecule has 2 aromatic rings. The third kappa shape index (κ3) is 3.38. The van der Waals surface area contributed by atoms with Gasteiger partial charge in [-0.2, -0.15) is 0 Å². The van der Waals surface area contributed by atoms with E-state index in [9.17, 15) is 14.0 Å². The lowest BCUT2D eigenvalue weighted by molar-refractivity contribution is 0.0697. The Morgan fingerprint density at radius 2 is 1.86 bits per heavy atom. The van der Waals surface area contributed by atoms with Crippen molar-refractivity contribution in [3.05, 3.63) is 63.9 Å². The van der Waals surface area contributed by atoms with Crippen LogP contribution in [0.3, 0.4) is 0 Å². The van der Waals surface area contributed by atoms with Gasteiger partial charge in [-0.1, -0.05) is 23.2 Å². The smallest absolute Gasteiger partial charge is 0.337 e. The summed E-state index contributed by atoms with van der Waals surface area (Å²) in [7, 11) is 0. The Hall–Kier alpha value is -2.40. The van der Waals surface area contributed by atoms with Gasteiger partial charge in [0.15, 0.2) is 0 Å². The summed E-state index contributed by atoms with van der Waals surface area (Å²) in [6.07, 6.45) is 0. The molecule has 108 valence electrons. The summed E-state index contributed by atoms with van der Waals surface area (Å²) < 4.78 is 13.6. The summed E-state index contributed by atoms with van der Waals surface area (Å²) in [5, 5.41) is 11.3. The van der Waals surface area contributed by atoms with E-state index in [2.05, 4.69) is 5.32 Å². The topological polar surface area (TPSA) is 66.4 Å². The first kappa shape index (κ1) is 15.0. The van der Waals surface area contributed by atoms with E-state index in [1.807, 2.05) is 0 Å². The Kier molecular flexibility index (Phi) is 4.23. The lowest BCUT2D eigenvalue weighted by Crippen LogP contribution is -2.14. The molecule has 0 aliphatic carbocycles. The minimum absolute atomic E-state index is 0.00925. The number of anilines is 1. The Balaban J connectivity index is 2.26. The summed E-state index contributed by atoms with van der Waals surface area (Å²) in [6, 6.07) is 8.16. The summed E-state index contributed by atoms with van der Waals surface area (Å²) in [5.41, 5.74) is 0.876. The molecular weight excluding hydrogens is 297 g/mol. The zero-order chi connectivity index (χ0) is 15.6. The van der Waals surface area contributed by atoms with Gasteiger partial charge in [0.25, 0.3) is 5.91 Å². The number of hydrogen-bond donors (Lipinski definition) is 2. The number of aryl methyl sites for hydroxylation is 1. The fourth-order valence-electron chi connectivity index (χ4n) is 1.78. The number of halogens is 2. The van der Waals surface area contributed by atoms with Gasteiger partial charge in [-0.05, 0) is 37.3 Å². The van der Waals surface area contributed by atoms with Crippen molar-refractivity contribution in [3.8, 4) is 0 Å². The van der Waals surface area contributed by atoms with E-state index in [0.29, 0.717) is 0 Å². The van der Waals surface area contributed by atoms with Crippen LogP contribution in [0.15, 0.2) is 36.4 Å². The first-order chi connectivity index (χ1) is 9.88. The molecule has 2 N–H and O–H groups in total. The average Bonchev–Trinajstić information content (AvgIpc) is 2.41. The maximum atomic E-state index is 13.6. The molecule has 0 fully saturated rings. The highest BCUT2D eigenvalue weighted by Crippen LogP contribution is 2.22. The number of nitrogens with one attached hydrogen (secondary N) is 1. The molecule has 2 rings (SSSR count). The number of carboxylic acid groups (broad SMARTS) is 1. The molecule has 0 unspecified atom stereocenters. The average molecular weight is 308 g/mol. The normalized spacial score (nSPS) is 10.2. The molecule has 1 amide bonds. The van der Waals surface area contributed by atoms with Gasteiger partial charge in [-0.15, -0.1) is 0 Å². The highest BCUT2D eigenvalue weighted by molar-refractivity contribution is 6.33. The van der Waals surface area contributed by atoms with E-state index in [1.165, 1.54) is 30.3 Å². The molecule has 0 spiro atoms. The molecule has 0 aliphatic rings. The third-order valence-corrected chi connectivity index (χ3v) is 3.14. The quantitative estimate of drug-likeness (QED) is 0.907. The monoisotopic (exact) mass is 307 g/mol. The van der Waals surface area contributed by atoms with Gasteiger partial charge in [-0.25, -0.2) is 9.18 Å². The molecule has 0 atom stereocenters. The SMILES string of the molecule is Cc1ccc(F)c(C(=O)Nc2ccc(C(=O)O)c(Cl)c2)c1. The molecule has 21 heavy (non-hydrogen) atoms. The van der Waals surface area contributed by atoms with Crippen molar-refractivity contribution in [1.29, 1.82) is 0 Å². The first-order valence-corrected chi connectivity index (χ1v) is 6.36. The molecule has 0 bridgehead atoms. The van der Waals surface area contributed by atoms with Crippen LogP contribution in [0, 0.1) is 12.7 Å². The van der Waals surface area contributed by atoms with Gasteiger partial charge in [0.1, 0.15) is 5.82 Å². The molecule has 0 aromatic heterocycles. The second kappa shape index (κ2) is 5.93. The molecule has 0 saturated heterocycles. The summed E-state index contributed by atoms with van der Waals surface area (Å²) in [6.45, 7) is 1.74. The molecule has 2 aromatic carbocycles. The number of rotatable bonds is 3. The van der Waals surface area contributed by atoms with Crippen molar-refractivity contribution in [1.82, 2.24) is 0 Å². The molecule has 0 saturated carbocycles. The van der Waals surface area contributed by atoms with Gasteiger partial charge in [0, 0.05) is 5.69 Å². The van der Waals surface area contributed by atoms with Gasteiger partial charge in [0.05, 0.1) is 16.1 Å². The second-order valence-electron chi connectivity index (χ2n) is 4.44. The minimum atomic E-state index is -1.16. The summed E-state index contributed by atoms with van der Waals surface area (Å²) in [4.78, 5) is 22.8. The van der Waals surface area contributed by atoms with E-state index in [4.69, 9.17) is 16.7 Å². The second-order valence-corrected chi connectivity index (χ2v) is 4.84. The van der Waals surface area contributed by atoms with Crippen molar-refractivity contribution < 1.29 is 19.1 Å². The minimum Gasteiger partial charge on any atom is -0.478 e. The number of amides is 1. The van der Waals surface area contributed by atoms with E-state index >= 15 is 0 Å². The van der Waals surface area contributed by atoms with E-state index in [1.54, 1.807) is 13.0 Å². The number of carbonyl (C=O) groups excluding carboxylic acids is 1. The third-order valence-electron chi connectivity index (χ3n) is 2.82. The molecule has 4 nitrogen and oxygen atoms in total. The van der Waals surface area contributed by atoms with Crippen LogP contribution in [-0.2, 0) is 0 Å². The Morgan fingerprint density at radius 1 is 1.14 bits per heavy atom. The molecule has 0 radical (unpaired) electrons. The number of hydrogen-bond acceptors (Lipinski definition) is 2. The maximum absolute atomic E-state index is 13.6. The van der Waals surface area contributed by atoms with Crippen LogP contribution in [-0.4, -0.2) is 17.0 Å². The Morgan fingerprint density at radius 3 is 2.48 bits per heavy atom. The number of aromatic carboxylic acids is 1. The zero-order valence-electron chi connectivity index (χ0n) is 11.0. The number of benzene rings is 2. The van der Waals surface area contributed by atoms with Crippen LogP contribution in [0.5, 0.6) is 0 Å². The standard InChI is InChI=1S/C15H11ClFNO3/c1-8-2-5-13(17)11(6-8)14(19)18-9-3-4-10(15(20)21)12(16)7-9/h2-7H,1H3,(H,18,19)(H,20,21). The lowest BCUT2D eigenvalue weighted by atomic mass is 10.1. The number of carboxylic acids is 1. The first-order valence-electron chi connectivity index (χ1n) is 5.99. The molecule has 0 heterocycles. The van der Waals surface area contributed by atoms with Gasteiger partial charge < -0.3 is 10.4 Å². The highest BCUT2D eigenvalue weighted by atomic mass is 35.5. The van der Waals surface area contributed by atoms with Crippen LogP contribution < -0.4 is 5.32 Å². The van der Waals surface area contributed by atoms with E-state index in [0.717, 1.165) is 5.56 Å². The van der Waals surface area contributed by atoms with Crippen LogP contribution in [0.1, 0.15) is 26.3 Å². The van der Waals surface area contributed by atoms with Crippen molar-refractivity contribution in [3.63, 3.8) is 0 Å². The van der Waals surface area contributed by atoms with E-state index < -0.39 is 17.7 Å². The molecular formula is C15H11ClFNO3. The zero-order valence-corrected chi connectivity index (χ0v) is 11.7. The lowest BCUT2D eigenvalue weighted by Gasteiger charge is -2.08. The van der Waals surface area contributed by atoms with Gasteiger partial charge in [-0.3, -0.25) is 4.79 Å². The summed E-state index contributed by atoms with van der Waals surface area (Å²) in [5.74, 6) is -2.43. The largest absolute Gasteiger partial charge is 0.478 e. The Bertz CT molecular complexity index is 731. The van der Waals surface area contributed by atoms with Crippen LogP contribution in [0.2, 0.25) is 5.02 Å². The van der Waals surface area contributed by atoms with E-state index in [-0.39, 0.29) is 21.8 Å². The van der Waals surface area contributed by atoms with Crippen molar-refractivity contribution >= 4 is 29.2 Å². The van der Waals surface area contributed by atoms with Crippen LogP contribution >= 0.6 is 11.6 Å². The fraction of sp³-hybridized carbons (Fsp3) is 0.0667. The fourth-order valence-corrected chi connectivity index (χ4v) is 2.04. The van der Waals surface area contributed by atoms with Crippen LogP contribution in [0.25, 0.3) is 0 Å². The highest BCUT2D eigenvalue weighted by Gasteiger charge is 2.14. The predicted octanol–water partition coefficient (Wildman–Crippen LogP) is 3.74. The van der Waals surface area contributed by atoms with Crippen molar-refractivity contribution in [2.75, 3.05) is 5.32 Å². The van der Waals surface area contributed by atoms with Crippen molar-refractivity contribution in [2.24, 2.45) is 0 Å². The van der Waals surface area contributed by atoms with Crippen molar-refractivity contribution in [2.45, 2.75) is 6.92 Å². The van der Waals surface area contributed by atoms with Crippen LogP contribution in [0.4, 0.5) is 10.1 Å². The summed E-state index contributed by atoms with van der Waals surface area (Å²) >= 11 is 5.80. The predicted molar refractivity (Wildman–Crippen MR) is 77.5 cm³/mol. The van der Waals surface area contributed by atoms with Gasteiger partial charge in [0.2, 0.25) is 0 Å². The number of carbonyl (C=O) groups is 2. The maximum Gasteiger partial charge on any atom is 0.337 e. The molecule has 6 heteroatoms. The van der Waals surface area contributed by atoms with Gasteiger partial charge >= 0.3 is 5.97 Å². The Labute approximate surface area is 125 Å². The molecule has 0 aliphatic heterocycles.